The van der Waals surface area contributed by atoms with Gasteiger partial charge in [0.25, 0.3) is 5.91 Å². The first-order valence-corrected chi connectivity index (χ1v) is 7.89. The molecule has 5 heteroatoms. The number of amides is 1. The van der Waals surface area contributed by atoms with Crippen molar-refractivity contribution in [2.75, 3.05) is 5.32 Å². The minimum absolute atomic E-state index is 0.299. The van der Waals surface area contributed by atoms with E-state index in [1.165, 1.54) is 0 Å². The van der Waals surface area contributed by atoms with Crippen molar-refractivity contribution >= 4 is 22.6 Å². The maximum absolute atomic E-state index is 12.5. The number of carbonyl (C=O) groups excluding carboxylic acids is 1. The summed E-state index contributed by atoms with van der Waals surface area (Å²) in [5.41, 5.74) is 2.95. The predicted octanol–water partition coefficient (Wildman–Crippen LogP) is 4.45. The van der Waals surface area contributed by atoms with Gasteiger partial charge >= 0.3 is 0 Å². The average Bonchev–Trinajstić information content (AvgIpc) is 3.00. The zero-order valence-electron chi connectivity index (χ0n) is 13.6. The third kappa shape index (κ3) is 2.87. The number of hydrogen-bond donors (Lipinski definition) is 1. The minimum Gasteiger partial charge on any atom is -0.451 e. The molecule has 0 spiro atoms. The van der Waals surface area contributed by atoms with E-state index in [1.807, 2.05) is 61.5 Å². The molecular formula is C20H15N3O2. The van der Waals surface area contributed by atoms with Crippen LogP contribution in [0.1, 0.15) is 16.1 Å². The van der Waals surface area contributed by atoms with Gasteiger partial charge in [0.2, 0.25) is 0 Å². The molecule has 122 valence electrons. The molecule has 2 aromatic carbocycles. The number of rotatable bonds is 3. The van der Waals surface area contributed by atoms with Crippen LogP contribution in [0.5, 0.6) is 0 Å². The lowest BCUT2D eigenvalue weighted by Gasteiger charge is -2.04. The highest BCUT2D eigenvalue weighted by Crippen LogP contribution is 2.25. The fraction of sp³-hybridized carbons (Fsp3) is 0.0500. The van der Waals surface area contributed by atoms with Gasteiger partial charge in [-0.15, -0.1) is 0 Å². The molecule has 0 aliphatic carbocycles. The summed E-state index contributed by atoms with van der Waals surface area (Å²) in [5, 5.41) is 3.71. The van der Waals surface area contributed by atoms with Gasteiger partial charge < -0.3 is 9.73 Å². The van der Waals surface area contributed by atoms with Crippen LogP contribution in [0.2, 0.25) is 0 Å². The van der Waals surface area contributed by atoms with Crippen molar-refractivity contribution < 1.29 is 9.21 Å². The number of benzene rings is 2. The number of hydrogen-bond acceptors (Lipinski definition) is 4. The zero-order chi connectivity index (χ0) is 17.2. The Bertz CT molecular complexity index is 1040. The van der Waals surface area contributed by atoms with Gasteiger partial charge in [-0.1, -0.05) is 48.5 Å². The Morgan fingerprint density at radius 2 is 1.64 bits per heavy atom. The van der Waals surface area contributed by atoms with Crippen LogP contribution in [0.3, 0.4) is 0 Å². The third-order valence-electron chi connectivity index (χ3n) is 3.99. The number of nitrogens with one attached hydrogen (secondary N) is 1. The largest absolute Gasteiger partial charge is 0.451 e. The first-order chi connectivity index (χ1) is 12.2. The first-order valence-electron chi connectivity index (χ1n) is 7.89. The van der Waals surface area contributed by atoms with E-state index < -0.39 is 0 Å². The Labute approximate surface area is 144 Å². The van der Waals surface area contributed by atoms with Gasteiger partial charge in [-0.3, -0.25) is 4.79 Å². The van der Waals surface area contributed by atoms with E-state index in [0.29, 0.717) is 22.9 Å². The average molecular weight is 329 g/mol. The van der Waals surface area contributed by atoms with Gasteiger partial charge in [-0.05, 0) is 13.0 Å². The highest BCUT2D eigenvalue weighted by Gasteiger charge is 2.17. The number of aryl methyl sites for hydroxylation is 1. The lowest BCUT2D eigenvalue weighted by molar-refractivity contribution is 0.0998. The van der Waals surface area contributed by atoms with Crippen LogP contribution in [0.25, 0.3) is 22.4 Å². The minimum atomic E-state index is -0.315. The molecule has 1 N–H and O–H groups in total. The molecule has 0 unspecified atom stereocenters. The number of nitrogens with zero attached hydrogens (tertiary/aromatic N) is 2. The van der Waals surface area contributed by atoms with Crippen LogP contribution in [0.4, 0.5) is 5.69 Å². The van der Waals surface area contributed by atoms with Crippen LogP contribution in [0, 0.1) is 6.92 Å². The molecule has 4 rings (SSSR count). The van der Waals surface area contributed by atoms with Gasteiger partial charge in [0.1, 0.15) is 5.58 Å². The van der Waals surface area contributed by atoms with Crippen LogP contribution < -0.4 is 5.32 Å². The van der Waals surface area contributed by atoms with Crippen molar-refractivity contribution in [1.82, 2.24) is 9.97 Å². The standard InChI is InChI=1S/C20H15N3O2/c1-13-16-9-5-6-10-17(16)25-18(13)20(24)23-15-11-21-19(22-12-15)14-7-3-2-4-8-14/h2-12H,1H3,(H,23,24). The highest BCUT2D eigenvalue weighted by molar-refractivity contribution is 6.06. The maximum Gasteiger partial charge on any atom is 0.291 e. The predicted molar refractivity (Wildman–Crippen MR) is 96.4 cm³/mol. The van der Waals surface area contributed by atoms with Crippen molar-refractivity contribution in [2.24, 2.45) is 0 Å². The quantitative estimate of drug-likeness (QED) is 0.603. The second-order valence-electron chi connectivity index (χ2n) is 5.67. The number of anilines is 1. The first kappa shape index (κ1) is 15.1. The Balaban J connectivity index is 1.57. The number of carbonyl (C=O) groups is 1. The van der Waals surface area contributed by atoms with Crippen molar-refractivity contribution in [2.45, 2.75) is 6.92 Å². The summed E-state index contributed by atoms with van der Waals surface area (Å²) in [5.74, 6) is 0.594. The molecule has 5 nitrogen and oxygen atoms in total. The molecule has 1 amide bonds. The van der Waals surface area contributed by atoms with Gasteiger partial charge in [0.15, 0.2) is 11.6 Å². The molecule has 4 aromatic rings. The molecule has 2 aromatic heterocycles. The molecule has 0 saturated heterocycles. The highest BCUT2D eigenvalue weighted by atomic mass is 16.3. The number of aromatic nitrogens is 2. The Kier molecular flexibility index (Phi) is 3.74. The zero-order valence-corrected chi connectivity index (χ0v) is 13.6. The lowest BCUT2D eigenvalue weighted by Crippen LogP contribution is -2.12. The summed E-state index contributed by atoms with van der Waals surface area (Å²) in [6.45, 7) is 1.87. The summed E-state index contributed by atoms with van der Waals surface area (Å²) < 4.78 is 5.67. The number of furan rings is 1. The van der Waals surface area contributed by atoms with Gasteiger partial charge in [0, 0.05) is 16.5 Å². The van der Waals surface area contributed by atoms with Crippen molar-refractivity contribution in [3.63, 3.8) is 0 Å². The van der Waals surface area contributed by atoms with Gasteiger partial charge in [-0.25, -0.2) is 9.97 Å². The van der Waals surface area contributed by atoms with Crippen LogP contribution in [-0.4, -0.2) is 15.9 Å². The number of fused-ring (bicyclic) bond motifs is 1. The Morgan fingerprint density at radius 3 is 2.36 bits per heavy atom. The smallest absolute Gasteiger partial charge is 0.291 e. The second kappa shape index (κ2) is 6.20. The molecule has 0 bridgehead atoms. The normalized spacial score (nSPS) is 10.8. The molecule has 0 saturated carbocycles. The summed E-state index contributed by atoms with van der Waals surface area (Å²) >= 11 is 0. The molecule has 0 radical (unpaired) electrons. The molecule has 0 aliphatic heterocycles. The second-order valence-corrected chi connectivity index (χ2v) is 5.67. The van der Waals surface area contributed by atoms with Crippen molar-refractivity contribution in [3.8, 4) is 11.4 Å². The van der Waals surface area contributed by atoms with Crippen LogP contribution >= 0.6 is 0 Å². The molecule has 0 atom stereocenters. The van der Waals surface area contributed by atoms with E-state index in [9.17, 15) is 4.79 Å². The van der Waals surface area contributed by atoms with Gasteiger partial charge in [0.05, 0.1) is 18.1 Å². The number of para-hydroxylation sites is 1. The summed E-state index contributed by atoms with van der Waals surface area (Å²) in [4.78, 5) is 21.1. The van der Waals surface area contributed by atoms with E-state index in [1.54, 1.807) is 12.4 Å². The van der Waals surface area contributed by atoms with Crippen LogP contribution in [-0.2, 0) is 0 Å². The van der Waals surface area contributed by atoms with E-state index in [-0.39, 0.29) is 5.91 Å². The van der Waals surface area contributed by atoms with Crippen molar-refractivity contribution in [1.29, 1.82) is 0 Å². The topological polar surface area (TPSA) is 68.0 Å². The summed E-state index contributed by atoms with van der Waals surface area (Å²) in [7, 11) is 0. The van der Waals surface area contributed by atoms with Crippen molar-refractivity contribution in [3.05, 3.63) is 78.3 Å². The fourth-order valence-corrected chi connectivity index (χ4v) is 2.71. The van der Waals surface area contributed by atoms with Gasteiger partial charge in [-0.2, -0.15) is 0 Å². The molecule has 0 aliphatic rings. The molecular weight excluding hydrogens is 314 g/mol. The Morgan fingerprint density at radius 1 is 0.960 bits per heavy atom. The van der Waals surface area contributed by atoms with E-state index in [4.69, 9.17) is 4.42 Å². The third-order valence-corrected chi connectivity index (χ3v) is 3.99. The van der Waals surface area contributed by atoms with E-state index in [0.717, 1.165) is 16.5 Å². The van der Waals surface area contributed by atoms with E-state index in [2.05, 4.69) is 15.3 Å². The molecule has 2 heterocycles. The lowest BCUT2D eigenvalue weighted by atomic mass is 10.1. The maximum atomic E-state index is 12.5. The van der Waals surface area contributed by atoms with E-state index >= 15 is 0 Å². The fourth-order valence-electron chi connectivity index (χ4n) is 2.71. The van der Waals surface area contributed by atoms with Crippen LogP contribution in [0.15, 0.2) is 71.4 Å². The SMILES string of the molecule is Cc1c(C(=O)Nc2cnc(-c3ccccc3)nc2)oc2ccccc12. The molecule has 25 heavy (non-hydrogen) atoms. The monoisotopic (exact) mass is 329 g/mol. The Hall–Kier alpha value is -3.47. The summed E-state index contributed by atoms with van der Waals surface area (Å²) in [6.07, 6.45) is 3.18. The molecule has 0 fully saturated rings. The summed E-state index contributed by atoms with van der Waals surface area (Å²) in [6, 6.07) is 17.2.